The number of rotatable bonds is 1. The van der Waals surface area contributed by atoms with Gasteiger partial charge >= 0.3 is 11.9 Å². The van der Waals surface area contributed by atoms with Gasteiger partial charge in [0.2, 0.25) is 0 Å². The summed E-state index contributed by atoms with van der Waals surface area (Å²) < 4.78 is 11.6. The van der Waals surface area contributed by atoms with Crippen LogP contribution in [-0.2, 0) is 19.1 Å². The van der Waals surface area contributed by atoms with Crippen molar-refractivity contribution < 1.29 is 19.1 Å². The van der Waals surface area contributed by atoms with E-state index < -0.39 is 0 Å². The number of ether oxygens (including phenoxy) is 2. The molecular weight excluding hydrogens is 328 g/mol. The van der Waals surface area contributed by atoms with Crippen LogP contribution < -0.4 is 0 Å². The molecule has 144 valence electrons. The van der Waals surface area contributed by atoms with Gasteiger partial charge in [-0.1, -0.05) is 34.1 Å². The molecule has 1 aliphatic heterocycles. The fourth-order valence-electron chi connectivity index (χ4n) is 7.41. The summed E-state index contributed by atoms with van der Waals surface area (Å²) in [6, 6.07) is 0. The highest BCUT2D eigenvalue weighted by atomic mass is 16.5. The molecule has 4 heteroatoms. The van der Waals surface area contributed by atoms with Crippen molar-refractivity contribution in [3.8, 4) is 0 Å². The van der Waals surface area contributed by atoms with E-state index in [1.807, 2.05) is 0 Å². The third kappa shape index (κ3) is 2.55. The minimum Gasteiger partial charge on any atom is -0.462 e. The van der Waals surface area contributed by atoms with Gasteiger partial charge < -0.3 is 9.47 Å². The van der Waals surface area contributed by atoms with Crippen LogP contribution in [0.25, 0.3) is 0 Å². The van der Waals surface area contributed by atoms with E-state index in [-0.39, 0.29) is 35.0 Å². The molecule has 3 fully saturated rings. The van der Waals surface area contributed by atoms with Gasteiger partial charge in [-0.3, -0.25) is 4.79 Å². The molecule has 0 amide bonds. The van der Waals surface area contributed by atoms with Crippen LogP contribution >= 0.6 is 0 Å². The van der Waals surface area contributed by atoms with Gasteiger partial charge in [-0.25, -0.2) is 4.79 Å². The average Bonchev–Trinajstić information content (AvgIpc) is 2.88. The molecule has 0 unspecified atom stereocenters. The number of fused-ring (bicyclic) bond motifs is 4. The zero-order valence-electron chi connectivity index (χ0n) is 16.7. The lowest BCUT2D eigenvalue weighted by Crippen LogP contribution is -2.61. The quantitative estimate of drug-likeness (QED) is 0.655. The second-order valence-corrected chi connectivity index (χ2v) is 10.1. The molecule has 3 saturated carbocycles. The normalized spacial score (nSPS) is 46.3. The van der Waals surface area contributed by atoms with E-state index in [1.54, 1.807) is 6.08 Å². The van der Waals surface area contributed by atoms with Gasteiger partial charge in [0.05, 0.1) is 0 Å². The molecule has 7 atom stereocenters. The van der Waals surface area contributed by atoms with Crippen LogP contribution in [0.3, 0.4) is 0 Å². The van der Waals surface area contributed by atoms with Crippen LogP contribution in [0.15, 0.2) is 11.6 Å². The lowest BCUT2D eigenvalue weighted by molar-refractivity contribution is -0.200. The van der Waals surface area contributed by atoms with E-state index in [4.69, 9.17) is 9.47 Å². The molecule has 0 saturated heterocycles. The van der Waals surface area contributed by atoms with Gasteiger partial charge in [-0.05, 0) is 59.8 Å². The summed E-state index contributed by atoms with van der Waals surface area (Å²) in [6.07, 6.45) is 7.07. The monoisotopic (exact) mass is 360 g/mol. The maximum absolute atomic E-state index is 11.9. The lowest BCUT2D eigenvalue weighted by atomic mass is 9.42. The molecule has 0 aromatic heterocycles. The van der Waals surface area contributed by atoms with Crippen LogP contribution in [-0.4, -0.2) is 24.1 Å². The fraction of sp³-hybridized carbons (Fsp3) is 0.818. The number of hydrogen-bond acceptors (Lipinski definition) is 4. The lowest BCUT2D eigenvalue weighted by Gasteiger charge is -2.63. The molecule has 1 heterocycles. The summed E-state index contributed by atoms with van der Waals surface area (Å²) in [6.45, 7) is 10.9. The Labute approximate surface area is 156 Å². The maximum Gasteiger partial charge on any atom is 0.331 e. The van der Waals surface area contributed by atoms with Crippen LogP contribution in [0.1, 0.15) is 66.7 Å². The first kappa shape index (κ1) is 18.1. The molecular formula is C22H32O4. The minimum atomic E-state index is -0.183. The summed E-state index contributed by atoms with van der Waals surface area (Å²) in [5, 5.41) is 0. The predicted octanol–water partition coefficient (Wildman–Crippen LogP) is 4.28. The number of esters is 2. The van der Waals surface area contributed by atoms with Gasteiger partial charge in [0, 0.05) is 18.9 Å². The smallest absolute Gasteiger partial charge is 0.331 e. The van der Waals surface area contributed by atoms with Crippen molar-refractivity contribution in [1.82, 2.24) is 0 Å². The molecule has 4 rings (SSSR count). The van der Waals surface area contributed by atoms with Gasteiger partial charge in [0.1, 0.15) is 12.2 Å². The van der Waals surface area contributed by atoms with Crippen molar-refractivity contribution in [2.24, 2.45) is 34.5 Å². The second kappa shape index (κ2) is 5.84. The molecule has 0 radical (unpaired) electrons. The molecule has 4 aliphatic rings. The number of carbonyl (C=O) groups excluding carboxylic acids is 2. The first-order valence-corrected chi connectivity index (χ1v) is 10.2. The van der Waals surface area contributed by atoms with Crippen LogP contribution in [0.4, 0.5) is 0 Å². The highest BCUT2D eigenvalue weighted by molar-refractivity contribution is 5.86. The van der Waals surface area contributed by atoms with Gasteiger partial charge in [-0.2, -0.15) is 0 Å². The van der Waals surface area contributed by atoms with Crippen molar-refractivity contribution in [1.29, 1.82) is 0 Å². The summed E-state index contributed by atoms with van der Waals surface area (Å²) >= 11 is 0. The highest BCUT2D eigenvalue weighted by Gasteiger charge is 2.62. The fourth-order valence-corrected chi connectivity index (χ4v) is 7.41. The largest absolute Gasteiger partial charge is 0.462 e. The first-order valence-electron chi connectivity index (χ1n) is 10.2. The SMILES string of the molecule is CC(=O)O[C@H]1C[C@H]2[C@@H](C)C3=CC(=O)O[C@@H]3C[C@@H]2[C@@]2(C)CCCC(C)(C)[C@H]12. The molecule has 0 N–H and O–H groups in total. The molecule has 4 nitrogen and oxygen atoms in total. The Kier molecular flexibility index (Phi) is 4.06. The standard InChI is InChI=1S/C22H32O4/c1-12-14-9-18(25-13(2)23)20-21(3,4)7-6-8-22(20,5)16(14)11-17-15(12)10-19(24)26-17/h10,12,14,16-18,20H,6-9,11H2,1-5H3/t12-,14+,16+,17-,18+,20+,22-/m1/s1. The average molecular weight is 360 g/mol. The van der Waals surface area contributed by atoms with E-state index >= 15 is 0 Å². The third-order valence-electron chi connectivity index (χ3n) is 8.20. The third-order valence-corrected chi connectivity index (χ3v) is 8.20. The van der Waals surface area contributed by atoms with Crippen molar-refractivity contribution in [3.63, 3.8) is 0 Å². The molecule has 0 spiro atoms. The topological polar surface area (TPSA) is 52.6 Å². The molecule has 3 aliphatic carbocycles. The van der Waals surface area contributed by atoms with Gasteiger partial charge in [0.25, 0.3) is 0 Å². The van der Waals surface area contributed by atoms with E-state index in [0.717, 1.165) is 18.4 Å². The Morgan fingerprint density at radius 3 is 2.65 bits per heavy atom. The Morgan fingerprint density at radius 1 is 1.23 bits per heavy atom. The first-order chi connectivity index (χ1) is 12.1. The zero-order chi connectivity index (χ0) is 18.9. The number of hydrogen-bond donors (Lipinski definition) is 0. The van der Waals surface area contributed by atoms with E-state index in [1.165, 1.54) is 26.2 Å². The van der Waals surface area contributed by atoms with Crippen molar-refractivity contribution >= 4 is 11.9 Å². The summed E-state index contributed by atoms with van der Waals surface area (Å²) in [7, 11) is 0. The molecule has 26 heavy (non-hydrogen) atoms. The predicted molar refractivity (Wildman–Crippen MR) is 98.1 cm³/mol. The maximum atomic E-state index is 11.9. The Bertz CT molecular complexity index is 663. The summed E-state index contributed by atoms with van der Waals surface area (Å²) in [5.41, 5.74) is 1.44. The van der Waals surface area contributed by atoms with Crippen molar-refractivity contribution in [2.45, 2.75) is 78.9 Å². The summed E-state index contributed by atoms with van der Waals surface area (Å²) in [4.78, 5) is 23.7. The summed E-state index contributed by atoms with van der Waals surface area (Å²) in [5.74, 6) is 1.29. The van der Waals surface area contributed by atoms with Crippen molar-refractivity contribution in [2.75, 3.05) is 0 Å². The Morgan fingerprint density at radius 2 is 1.96 bits per heavy atom. The minimum absolute atomic E-state index is 0.0216. The van der Waals surface area contributed by atoms with Gasteiger partial charge in [0.15, 0.2) is 0 Å². The van der Waals surface area contributed by atoms with E-state index in [2.05, 4.69) is 27.7 Å². The van der Waals surface area contributed by atoms with E-state index in [9.17, 15) is 9.59 Å². The molecule has 0 aromatic rings. The van der Waals surface area contributed by atoms with Gasteiger partial charge in [-0.15, -0.1) is 0 Å². The Balaban J connectivity index is 1.75. The van der Waals surface area contributed by atoms with Crippen LogP contribution in [0, 0.1) is 34.5 Å². The highest BCUT2D eigenvalue weighted by Crippen LogP contribution is 2.65. The van der Waals surface area contributed by atoms with Crippen LogP contribution in [0.2, 0.25) is 0 Å². The van der Waals surface area contributed by atoms with Crippen molar-refractivity contribution in [3.05, 3.63) is 11.6 Å². The molecule has 0 bridgehead atoms. The second-order valence-electron chi connectivity index (χ2n) is 10.1. The molecule has 0 aromatic carbocycles. The van der Waals surface area contributed by atoms with E-state index in [0.29, 0.717) is 23.7 Å². The Hall–Kier alpha value is -1.32. The number of carbonyl (C=O) groups is 2. The van der Waals surface area contributed by atoms with Crippen LogP contribution in [0.5, 0.6) is 0 Å². The zero-order valence-corrected chi connectivity index (χ0v) is 16.7.